The van der Waals surface area contributed by atoms with Gasteiger partial charge in [-0.1, -0.05) is 13.8 Å². The number of likely N-dealkylation sites (tertiary alicyclic amines) is 2. The van der Waals surface area contributed by atoms with Crippen molar-refractivity contribution in [3.63, 3.8) is 0 Å². The van der Waals surface area contributed by atoms with Gasteiger partial charge in [-0.15, -0.1) is 35.3 Å². The van der Waals surface area contributed by atoms with Gasteiger partial charge in [0, 0.05) is 38.1 Å². The van der Waals surface area contributed by atoms with Crippen molar-refractivity contribution in [2.24, 2.45) is 16.3 Å². The second-order valence-electron chi connectivity index (χ2n) is 8.61. The first-order valence-corrected chi connectivity index (χ1v) is 11.0. The molecule has 0 spiro atoms. The van der Waals surface area contributed by atoms with E-state index in [4.69, 9.17) is 4.99 Å². The first kappa shape index (κ1) is 22.9. The van der Waals surface area contributed by atoms with Gasteiger partial charge in [-0.05, 0) is 57.5 Å². The van der Waals surface area contributed by atoms with Crippen molar-refractivity contribution in [1.82, 2.24) is 20.1 Å². The molecule has 2 saturated heterocycles. The zero-order valence-corrected chi connectivity index (χ0v) is 20.5. The number of rotatable bonds is 5. The molecular formula is C20H36IN5S. The molecule has 3 rings (SSSR count). The molecule has 27 heavy (non-hydrogen) atoms. The van der Waals surface area contributed by atoms with Crippen molar-refractivity contribution in [2.75, 3.05) is 39.3 Å². The lowest BCUT2D eigenvalue weighted by molar-refractivity contribution is 0.179. The summed E-state index contributed by atoms with van der Waals surface area (Å²) in [5.41, 5.74) is 1.64. The van der Waals surface area contributed by atoms with Crippen molar-refractivity contribution in [3.8, 4) is 0 Å². The molecular weight excluding hydrogens is 469 g/mol. The van der Waals surface area contributed by atoms with Gasteiger partial charge >= 0.3 is 0 Å². The minimum Gasteiger partial charge on any atom is -0.357 e. The van der Waals surface area contributed by atoms with E-state index >= 15 is 0 Å². The number of guanidine groups is 1. The van der Waals surface area contributed by atoms with Crippen LogP contribution in [-0.2, 0) is 6.54 Å². The highest BCUT2D eigenvalue weighted by Crippen LogP contribution is 2.29. The number of piperidine rings is 1. The SMILES string of the molecule is CCNC(=NCC1CCN(Cc2csc(C)n2)CC1)N1CCC(C)(C)C1.I. The van der Waals surface area contributed by atoms with Gasteiger partial charge in [-0.3, -0.25) is 9.89 Å². The first-order valence-electron chi connectivity index (χ1n) is 10.1. The number of nitrogens with zero attached hydrogens (tertiary/aromatic N) is 4. The maximum absolute atomic E-state index is 5.00. The number of aromatic nitrogens is 1. The Balaban J connectivity index is 0.00000261. The van der Waals surface area contributed by atoms with Crippen LogP contribution >= 0.6 is 35.3 Å². The number of aryl methyl sites for hydroxylation is 1. The molecule has 0 bridgehead atoms. The fourth-order valence-corrected chi connectivity index (χ4v) is 4.58. The van der Waals surface area contributed by atoms with Crippen LogP contribution in [0.4, 0.5) is 0 Å². The normalized spacial score (nSPS) is 21.3. The van der Waals surface area contributed by atoms with E-state index in [1.807, 2.05) is 0 Å². The van der Waals surface area contributed by atoms with Crippen molar-refractivity contribution in [3.05, 3.63) is 16.1 Å². The van der Waals surface area contributed by atoms with E-state index in [0.29, 0.717) is 11.3 Å². The Morgan fingerprint density at radius 2 is 2.07 bits per heavy atom. The van der Waals surface area contributed by atoms with E-state index in [1.165, 1.54) is 43.1 Å². The van der Waals surface area contributed by atoms with Crippen molar-refractivity contribution in [1.29, 1.82) is 0 Å². The van der Waals surface area contributed by atoms with Crippen LogP contribution in [0.1, 0.15) is 50.7 Å². The van der Waals surface area contributed by atoms with Crippen LogP contribution < -0.4 is 5.32 Å². The van der Waals surface area contributed by atoms with Gasteiger partial charge in [-0.25, -0.2) is 4.98 Å². The molecule has 3 heterocycles. The smallest absolute Gasteiger partial charge is 0.193 e. The maximum Gasteiger partial charge on any atom is 0.193 e. The van der Waals surface area contributed by atoms with Gasteiger partial charge in [0.25, 0.3) is 0 Å². The van der Waals surface area contributed by atoms with Crippen molar-refractivity contribution >= 4 is 41.3 Å². The van der Waals surface area contributed by atoms with Gasteiger partial charge in [0.05, 0.1) is 10.7 Å². The van der Waals surface area contributed by atoms with E-state index in [9.17, 15) is 0 Å². The summed E-state index contributed by atoms with van der Waals surface area (Å²) in [5, 5.41) is 6.88. The molecule has 2 aliphatic heterocycles. The zero-order valence-electron chi connectivity index (χ0n) is 17.3. The van der Waals surface area contributed by atoms with Gasteiger partial charge in [0.15, 0.2) is 5.96 Å². The van der Waals surface area contributed by atoms with E-state index in [0.717, 1.165) is 38.7 Å². The summed E-state index contributed by atoms with van der Waals surface area (Å²) in [6.07, 6.45) is 3.75. The third-order valence-corrected chi connectivity index (χ3v) is 6.39. The van der Waals surface area contributed by atoms with E-state index in [2.05, 4.69) is 53.2 Å². The second kappa shape index (κ2) is 10.4. The Kier molecular flexibility index (Phi) is 8.80. The molecule has 0 amide bonds. The largest absolute Gasteiger partial charge is 0.357 e. The summed E-state index contributed by atoms with van der Waals surface area (Å²) in [7, 11) is 0. The minimum absolute atomic E-state index is 0. The number of thiazole rings is 1. The second-order valence-corrected chi connectivity index (χ2v) is 9.67. The van der Waals surface area contributed by atoms with E-state index in [1.54, 1.807) is 11.3 Å². The molecule has 0 atom stereocenters. The standard InChI is InChI=1S/C20H35N5S.HI/c1-5-21-19(25-11-8-20(3,4)15-25)22-12-17-6-9-24(10-7-17)13-18-14-26-16(2)23-18;/h14,17H,5-13,15H2,1-4H3,(H,21,22);1H. The van der Waals surface area contributed by atoms with Gasteiger partial charge in [0.2, 0.25) is 0 Å². The maximum atomic E-state index is 5.00. The quantitative estimate of drug-likeness (QED) is 0.374. The molecule has 0 aliphatic carbocycles. The summed E-state index contributed by atoms with van der Waals surface area (Å²) in [6, 6.07) is 0. The molecule has 154 valence electrons. The Morgan fingerprint density at radius 1 is 1.33 bits per heavy atom. The fourth-order valence-electron chi connectivity index (χ4n) is 3.97. The first-order chi connectivity index (χ1) is 12.4. The Morgan fingerprint density at radius 3 is 2.63 bits per heavy atom. The number of nitrogens with one attached hydrogen (secondary N) is 1. The van der Waals surface area contributed by atoms with Crippen LogP contribution in [0.15, 0.2) is 10.4 Å². The number of hydrogen-bond donors (Lipinski definition) is 1. The zero-order chi connectivity index (χ0) is 18.6. The van der Waals surface area contributed by atoms with Gasteiger partial charge < -0.3 is 10.2 Å². The molecule has 0 saturated carbocycles. The summed E-state index contributed by atoms with van der Waals surface area (Å²) in [6.45, 7) is 16.5. The third kappa shape index (κ3) is 6.85. The summed E-state index contributed by atoms with van der Waals surface area (Å²) in [4.78, 5) is 14.6. The van der Waals surface area contributed by atoms with Crippen LogP contribution in [0.2, 0.25) is 0 Å². The number of hydrogen-bond acceptors (Lipinski definition) is 4. The van der Waals surface area contributed by atoms with E-state index in [-0.39, 0.29) is 24.0 Å². The third-order valence-electron chi connectivity index (χ3n) is 5.57. The molecule has 1 aromatic heterocycles. The fraction of sp³-hybridized carbons (Fsp3) is 0.800. The van der Waals surface area contributed by atoms with E-state index < -0.39 is 0 Å². The van der Waals surface area contributed by atoms with Crippen LogP contribution in [-0.4, -0.2) is 60.0 Å². The summed E-state index contributed by atoms with van der Waals surface area (Å²) >= 11 is 1.75. The topological polar surface area (TPSA) is 43.8 Å². The van der Waals surface area contributed by atoms with Crippen LogP contribution in [0.3, 0.4) is 0 Å². The lowest BCUT2D eigenvalue weighted by atomic mass is 9.93. The Labute approximate surface area is 186 Å². The van der Waals surface area contributed by atoms with Crippen LogP contribution in [0.25, 0.3) is 0 Å². The predicted octanol–water partition coefficient (Wildman–Crippen LogP) is 3.98. The van der Waals surface area contributed by atoms with Crippen molar-refractivity contribution < 1.29 is 0 Å². The van der Waals surface area contributed by atoms with Gasteiger partial charge in [0.1, 0.15) is 0 Å². The van der Waals surface area contributed by atoms with Gasteiger partial charge in [-0.2, -0.15) is 0 Å². The summed E-state index contributed by atoms with van der Waals surface area (Å²) in [5.74, 6) is 1.84. The van der Waals surface area contributed by atoms with Crippen LogP contribution in [0, 0.1) is 18.3 Å². The molecule has 2 aliphatic rings. The molecule has 1 N–H and O–H groups in total. The minimum atomic E-state index is 0. The Bertz CT molecular complexity index is 607. The molecule has 0 radical (unpaired) electrons. The highest BCUT2D eigenvalue weighted by Gasteiger charge is 2.31. The monoisotopic (exact) mass is 505 g/mol. The van der Waals surface area contributed by atoms with Crippen molar-refractivity contribution in [2.45, 2.75) is 53.5 Å². The highest BCUT2D eigenvalue weighted by atomic mass is 127. The molecule has 0 unspecified atom stereocenters. The van der Waals surface area contributed by atoms with Crippen LogP contribution in [0.5, 0.6) is 0 Å². The lowest BCUT2D eigenvalue weighted by Crippen LogP contribution is -2.41. The average molecular weight is 506 g/mol. The number of aliphatic imine (C=N–C) groups is 1. The highest BCUT2D eigenvalue weighted by molar-refractivity contribution is 14.0. The Hall–Kier alpha value is -0.410. The summed E-state index contributed by atoms with van der Waals surface area (Å²) < 4.78 is 0. The average Bonchev–Trinajstić information content (AvgIpc) is 3.18. The number of halogens is 1. The molecule has 0 aromatic carbocycles. The lowest BCUT2D eigenvalue weighted by Gasteiger charge is -2.31. The molecule has 1 aromatic rings. The molecule has 5 nitrogen and oxygen atoms in total. The molecule has 7 heteroatoms. The molecule has 2 fully saturated rings. The predicted molar refractivity (Wildman–Crippen MR) is 126 cm³/mol.